The first-order chi connectivity index (χ1) is 11.2. The normalized spacial score (nSPS) is 24.0. The lowest BCUT2D eigenvalue weighted by molar-refractivity contribution is 0.299. The van der Waals surface area contributed by atoms with Crippen molar-refractivity contribution in [2.75, 3.05) is 7.05 Å². The maximum atomic E-state index is 5.96. The van der Waals surface area contributed by atoms with Crippen LogP contribution in [0.5, 0.6) is 0 Å². The van der Waals surface area contributed by atoms with Crippen LogP contribution in [-0.4, -0.2) is 32.8 Å². The molecule has 0 spiro atoms. The highest BCUT2D eigenvalue weighted by Gasteiger charge is 2.36. The Balaban J connectivity index is 1.48. The molecule has 4 rings (SSSR count). The lowest BCUT2D eigenvalue weighted by Gasteiger charge is -2.32. The van der Waals surface area contributed by atoms with E-state index in [9.17, 15) is 0 Å². The van der Waals surface area contributed by atoms with Gasteiger partial charge in [0.15, 0.2) is 0 Å². The molecule has 0 amide bonds. The molecule has 2 saturated carbocycles. The van der Waals surface area contributed by atoms with Crippen LogP contribution >= 0.6 is 0 Å². The van der Waals surface area contributed by atoms with E-state index < -0.39 is 0 Å². The summed E-state index contributed by atoms with van der Waals surface area (Å²) in [5.41, 5.74) is 7.29. The predicted molar refractivity (Wildman–Crippen MR) is 89.9 cm³/mol. The molecular formula is C18H25N5. The van der Waals surface area contributed by atoms with Crippen LogP contribution in [0.4, 0.5) is 0 Å². The minimum Gasteiger partial charge on any atom is -0.328 e. The van der Waals surface area contributed by atoms with Gasteiger partial charge < -0.3 is 10.3 Å². The molecule has 2 aromatic rings. The molecule has 0 atom stereocenters. The molecule has 0 bridgehead atoms. The number of hydrogen-bond donors (Lipinski definition) is 1. The van der Waals surface area contributed by atoms with Gasteiger partial charge in [-0.3, -0.25) is 4.90 Å². The van der Waals surface area contributed by atoms with Gasteiger partial charge in [-0.15, -0.1) is 10.2 Å². The van der Waals surface area contributed by atoms with E-state index in [0.717, 1.165) is 31.8 Å². The molecule has 23 heavy (non-hydrogen) atoms. The highest BCUT2D eigenvalue weighted by molar-refractivity contribution is 5.15. The Kier molecular flexibility index (Phi) is 3.91. The fourth-order valence-electron chi connectivity index (χ4n) is 3.52. The van der Waals surface area contributed by atoms with Crippen molar-refractivity contribution < 1.29 is 0 Å². The van der Waals surface area contributed by atoms with Gasteiger partial charge in [0, 0.05) is 24.5 Å². The summed E-state index contributed by atoms with van der Waals surface area (Å²) in [6.07, 6.45) is 4.65. The molecule has 1 heterocycles. The second-order valence-corrected chi connectivity index (χ2v) is 7.16. The van der Waals surface area contributed by atoms with Gasteiger partial charge in [0.25, 0.3) is 0 Å². The van der Waals surface area contributed by atoms with E-state index in [1.807, 2.05) is 0 Å². The van der Waals surface area contributed by atoms with Crippen molar-refractivity contribution in [1.82, 2.24) is 19.7 Å². The molecule has 5 nitrogen and oxygen atoms in total. The van der Waals surface area contributed by atoms with Gasteiger partial charge in [-0.2, -0.15) is 0 Å². The minimum atomic E-state index is 0.355. The van der Waals surface area contributed by atoms with Gasteiger partial charge in [-0.05, 0) is 38.3 Å². The highest BCUT2D eigenvalue weighted by atomic mass is 15.3. The molecule has 2 fully saturated rings. The van der Waals surface area contributed by atoms with E-state index in [-0.39, 0.29) is 0 Å². The Hall–Kier alpha value is -1.72. The van der Waals surface area contributed by atoms with Crippen LogP contribution in [0.2, 0.25) is 0 Å². The Morgan fingerprint density at radius 1 is 1.13 bits per heavy atom. The lowest BCUT2D eigenvalue weighted by Crippen LogP contribution is -2.36. The maximum Gasteiger partial charge on any atom is 0.147 e. The summed E-state index contributed by atoms with van der Waals surface area (Å²) in [5, 5.41) is 9.04. The summed E-state index contributed by atoms with van der Waals surface area (Å²) < 4.78 is 2.41. The van der Waals surface area contributed by atoms with Gasteiger partial charge in [0.2, 0.25) is 0 Å². The van der Waals surface area contributed by atoms with Crippen LogP contribution in [0.25, 0.3) is 0 Å². The average molecular weight is 311 g/mol. The van der Waals surface area contributed by atoms with E-state index in [1.165, 1.54) is 24.2 Å². The Morgan fingerprint density at radius 3 is 2.52 bits per heavy atom. The van der Waals surface area contributed by atoms with Gasteiger partial charge in [0.05, 0.1) is 6.54 Å². The quantitative estimate of drug-likeness (QED) is 0.890. The first kappa shape index (κ1) is 14.8. The van der Waals surface area contributed by atoms with E-state index in [4.69, 9.17) is 5.73 Å². The zero-order valence-corrected chi connectivity index (χ0v) is 13.7. The summed E-state index contributed by atoms with van der Waals surface area (Å²) in [4.78, 5) is 2.31. The number of nitrogens with zero attached hydrogens (tertiary/aromatic N) is 4. The third-order valence-corrected chi connectivity index (χ3v) is 4.95. The molecule has 122 valence electrons. The van der Waals surface area contributed by atoms with E-state index in [1.54, 1.807) is 0 Å². The SMILES string of the molecule is CN(Cc1ccccc1)Cc1nnc(C2CC(N)C2)n1C1CC1. The Bertz CT molecular complexity index is 655. The summed E-state index contributed by atoms with van der Waals surface area (Å²) >= 11 is 0. The van der Waals surface area contributed by atoms with Gasteiger partial charge in [0.1, 0.15) is 11.6 Å². The van der Waals surface area contributed by atoms with Crippen LogP contribution in [0, 0.1) is 0 Å². The summed E-state index contributed by atoms with van der Waals surface area (Å²) in [7, 11) is 2.15. The molecule has 2 N–H and O–H groups in total. The van der Waals surface area contributed by atoms with E-state index >= 15 is 0 Å². The van der Waals surface area contributed by atoms with Gasteiger partial charge >= 0.3 is 0 Å². The number of nitrogens with two attached hydrogens (primary N) is 1. The second kappa shape index (κ2) is 6.06. The molecule has 2 aliphatic carbocycles. The molecule has 0 radical (unpaired) electrons. The Labute approximate surface area is 137 Å². The smallest absolute Gasteiger partial charge is 0.147 e. The van der Waals surface area contributed by atoms with Gasteiger partial charge in [-0.25, -0.2) is 0 Å². The van der Waals surface area contributed by atoms with Crippen molar-refractivity contribution in [1.29, 1.82) is 0 Å². The molecular weight excluding hydrogens is 286 g/mol. The number of benzene rings is 1. The van der Waals surface area contributed by atoms with Crippen LogP contribution < -0.4 is 5.73 Å². The molecule has 0 unspecified atom stereocenters. The lowest BCUT2D eigenvalue weighted by atomic mass is 9.80. The molecule has 2 aliphatic rings. The first-order valence-corrected chi connectivity index (χ1v) is 8.62. The van der Waals surface area contributed by atoms with Crippen LogP contribution in [-0.2, 0) is 13.1 Å². The fourth-order valence-corrected chi connectivity index (χ4v) is 3.52. The average Bonchev–Trinajstić information content (AvgIpc) is 3.27. The maximum absolute atomic E-state index is 5.96. The predicted octanol–water partition coefficient (Wildman–Crippen LogP) is 2.45. The third-order valence-electron chi connectivity index (χ3n) is 4.95. The number of hydrogen-bond acceptors (Lipinski definition) is 4. The largest absolute Gasteiger partial charge is 0.328 e. The van der Waals surface area contributed by atoms with Crippen LogP contribution in [0.15, 0.2) is 30.3 Å². The third kappa shape index (κ3) is 3.16. The Morgan fingerprint density at radius 2 is 1.87 bits per heavy atom. The van der Waals surface area contributed by atoms with E-state index in [2.05, 4.69) is 57.0 Å². The van der Waals surface area contributed by atoms with Crippen molar-refractivity contribution in [3.63, 3.8) is 0 Å². The van der Waals surface area contributed by atoms with Crippen molar-refractivity contribution in [3.8, 4) is 0 Å². The molecule has 1 aromatic carbocycles. The van der Waals surface area contributed by atoms with Crippen molar-refractivity contribution in [2.24, 2.45) is 5.73 Å². The summed E-state index contributed by atoms with van der Waals surface area (Å²) in [5.74, 6) is 2.81. The molecule has 0 aliphatic heterocycles. The van der Waals surface area contributed by atoms with Crippen molar-refractivity contribution >= 4 is 0 Å². The topological polar surface area (TPSA) is 60.0 Å². The highest BCUT2D eigenvalue weighted by Crippen LogP contribution is 2.42. The fraction of sp³-hybridized carbons (Fsp3) is 0.556. The van der Waals surface area contributed by atoms with Crippen molar-refractivity contribution in [3.05, 3.63) is 47.5 Å². The standard InChI is InChI=1S/C18H25N5/c1-22(11-13-5-3-2-4-6-13)12-17-20-21-18(14-9-15(19)10-14)23(17)16-7-8-16/h2-6,14-16H,7-12,19H2,1H3. The summed E-state index contributed by atoms with van der Waals surface area (Å²) in [6.45, 7) is 1.78. The van der Waals surface area contributed by atoms with Crippen LogP contribution in [0.3, 0.4) is 0 Å². The molecule has 5 heteroatoms. The first-order valence-electron chi connectivity index (χ1n) is 8.62. The molecule has 1 aromatic heterocycles. The number of aromatic nitrogens is 3. The van der Waals surface area contributed by atoms with Gasteiger partial charge in [-0.1, -0.05) is 30.3 Å². The molecule has 0 saturated heterocycles. The second-order valence-electron chi connectivity index (χ2n) is 7.16. The minimum absolute atomic E-state index is 0.355. The zero-order chi connectivity index (χ0) is 15.8. The number of rotatable bonds is 6. The van der Waals surface area contributed by atoms with E-state index in [0.29, 0.717) is 18.0 Å². The van der Waals surface area contributed by atoms with Crippen LogP contribution in [0.1, 0.15) is 54.9 Å². The monoisotopic (exact) mass is 311 g/mol. The summed E-state index contributed by atoms with van der Waals surface area (Å²) in [6, 6.07) is 11.6. The zero-order valence-electron chi connectivity index (χ0n) is 13.7. The van der Waals surface area contributed by atoms with Crippen molar-refractivity contribution in [2.45, 2.75) is 56.8 Å².